The molecule has 0 unspecified atom stereocenters. The van der Waals surface area contributed by atoms with Gasteiger partial charge < -0.3 is 24.8 Å². The molecule has 0 saturated heterocycles. The summed E-state index contributed by atoms with van der Waals surface area (Å²) in [7, 11) is 0. The summed E-state index contributed by atoms with van der Waals surface area (Å²) in [6.07, 6.45) is 13.3. The molecule has 0 heterocycles. The number of hydrogen-bond donors (Lipinski definition) is 0. The Morgan fingerprint density at radius 2 is 1.69 bits per heavy atom. The summed E-state index contributed by atoms with van der Waals surface area (Å²) in [5, 5.41) is 0. The fourth-order valence-electron chi connectivity index (χ4n) is 0.919. The van der Waals surface area contributed by atoms with Gasteiger partial charge in [0.25, 0.3) is 0 Å². The van der Waals surface area contributed by atoms with E-state index < -0.39 is 0 Å². The van der Waals surface area contributed by atoms with Crippen LogP contribution < -0.4 is 24.8 Å². The van der Waals surface area contributed by atoms with Crippen molar-refractivity contribution < 1.29 is 49.5 Å². The molecule has 13 heavy (non-hydrogen) atoms. The average Bonchev–Trinajstić information content (AvgIpc) is 2.03. The van der Waals surface area contributed by atoms with Crippen molar-refractivity contribution in [1.82, 2.24) is 0 Å². The number of unbranched alkanes of at least 4 members (excludes halogenated alkanes) is 4. The molecule has 0 nitrogen and oxygen atoms in total. The molecule has 0 aromatic heterocycles. The first kappa shape index (κ1) is 19.5. The second kappa shape index (κ2) is 18.7. The van der Waals surface area contributed by atoms with E-state index in [0.29, 0.717) is 0 Å². The monoisotopic (exact) mass is 297 g/mol. The van der Waals surface area contributed by atoms with E-state index in [0.717, 1.165) is 0 Å². The van der Waals surface area contributed by atoms with E-state index in [1.165, 1.54) is 56.8 Å². The molecular formula is C10H17Cl2Zr. The Bertz CT molecular complexity index is 122. The van der Waals surface area contributed by atoms with Crippen molar-refractivity contribution in [2.75, 3.05) is 0 Å². The van der Waals surface area contributed by atoms with E-state index in [2.05, 4.69) is 28.9 Å². The maximum Gasteiger partial charge on any atom is -1.00 e. The van der Waals surface area contributed by atoms with E-state index in [-0.39, 0.29) is 24.8 Å². The molecule has 3 heteroatoms. The molecule has 0 aliphatic heterocycles. The number of allylic oxidation sites excluding steroid dienone is 3. The number of hydrogen-bond acceptors (Lipinski definition) is 0. The van der Waals surface area contributed by atoms with Gasteiger partial charge in [-0.15, -0.1) is 0 Å². The topological polar surface area (TPSA) is 0 Å². The van der Waals surface area contributed by atoms with Crippen molar-refractivity contribution in [3.8, 4) is 0 Å². The van der Waals surface area contributed by atoms with Crippen LogP contribution in [0, 0.1) is 0 Å². The zero-order valence-electron chi connectivity index (χ0n) is 8.10. The first-order valence-corrected chi connectivity index (χ1v) is 5.82. The van der Waals surface area contributed by atoms with Crippen LogP contribution in [0.3, 0.4) is 0 Å². The third-order valence-electron chi connectivity index (χ3n) is 1.57. The van der Waals surface area contributed by atoms with E-state index in [1.807, 2.05) is 0 Å². The first-order valence-electron chi connectivity index (χ1n) is 4.40. The average molecular weight is 299 g/mol. The molecule has 0 fully saturated rings. The predicted octanol–water partition coefficient (Wildman–Crippen LogP) is -2.42. The molecule has 0 aliphatic rings. The van der Waals surface area contributed by atoms with Crippen molar-refractivity contribution in [3.63, 3.8) is 0 Å². The molecule has 0 rings (SSSR count). The minimum absolute atomic E-state index is 0. The Balaban J connectivity index is -0.000000500. The third-order valence-corrected chi connectivity index (χ3v) is 2.04. The molecule has 0 aromatic carbocycles. The zero-order valence-corrected chi connectivity index (χ0v) is 12.1. The van der Waals surface area contributed by atoms with Crippen molar-refractivity contribution in [2.24, 2.45) is 0 Å². The second-order valence-corrected chi connectivity index (χ2v) is 3.46. The third kappa shape index (κ3) is 19.4. The van der Waals surface area contributed by atoms with Gasteiger partial charge in [0, 0.05) is 0 Å². The molecule has 0 amide bonds. The molecule has 0 aliphatic carbocycles. The van der Waals surface area contributed by atoms with E-state index in [1.54, 1.807) is 0 Å². The molecule has 75 valence electrons. The van der Waals surface area contributed by atoms with E-state index in [4.69, 9.17) is 0 Å². The van der Waals surface area contributed by atoms with Crippen molar-refractivity contribution in [2.45, 2.75) is 39.0 Å². The van der Waals surface area contributed by atoms with Gasteiger partial charge in [0.2, 0.25) is 0 Å². The molecule has 0 radical (unpaired) electrons. The molecule has 0 spiro atoms. The molecule has 0 atom stereocenters. The summed E-state index contributed by atoms with van der Waals surface area (Å²) >= 11 is 1.48. The van der Waals surface area contributed by atoms with Crippen LogP contribution in [0.4, 0.5) is 0 Å². The van der Waals surface area contributed by atoms with Gasteiger partial charge in [0.15, 0.2) is 0 Å². The standard InChI is InChI=1S/C10H17.2ClH.Zr/c1-3-5-7-9-10-8-6-4-2;;;/h1,3,5,7H,4,6,8-10H2,2H3;2*1H;/q;;;+2/p-2. The van der Waals surface area contributed by atoms with Crippen molar-refractivity contribution in [1.29, 1.82) is 0 Å². The van der Waals surface area contributed by atoms with E-state index in [9.17, 15) is 0 Å². The normalized spacial score (nSPS) is 10.1. The van der Waals surface area contributed by atoms with Gasteiger partial charge in [-0.05, 0) is 0 Å². The summed E-state index contributed by atoms with van der Waals surface area (Å²) in [5.74, 6) is 0. The van der Waals surface area contributed by atoms with Crippen molar-refractivity contribution >= 4 is 0 Å². The minimum atomic E-state index is 0. The Morgan fingerprint density at radius 1 is 1.00 bits per heavy atom. The molecular weight excluding hydrogens is 282 g/mol. The Morgan fingerprint density at radius 3 is 2.23 bits per heavy atom. The molecule has 0 aromatic rings. The van der Waals surface area contributed by atoms with Crippen LogP contribution in [0.15, 0.2) is 22.0 Å². The van der Waals surface area contributed by atoms with Gasteiger partial charge in [0.1, 0.15) is 0 Å². The van der Waals surface area contributed by atoms with Crippen LogP contribution in [-0.2, 0) is 24.7 Å². The molecule has 0 bridgehead atoms. The van der Waals surface area contributed by atoms with Crippen LogP contribution in [0.1, 0.15) is 39.0 Å². The summed E-state index contributed by atoms with van der Waals surface area (Å²) in [6, 6.07) is 0. The number of rotatable bonds is 6. The van der Waals surface area contributed by atoms with Gasteiger partial charge in [-0.1, -0.05) is 0 Å². The van der Waals surface area contributed by atoms with Crippen LogP contribution in [0.5, 0.6) is 0 Å². The van der Waals surface area contributed by atoms with Gasteiger partial charge >= 0.3 is 85.8 Å². The summed E-state index contributed by atoms with van der Waals surface area (Å²) in [4.78, 5) is 0. The van der Waals surface area contributed by atoms with Gasteiger partial charge in [-0.25, -0.2) is 0 Å². The largest absolute Gasteiger partial charge is 1.00 e. The van der Waals surface area contributed by atoms with Gasteiger partial charge in [-0.3, -0.25) is 0 Å². The maximum absolute atomic E-state index is 2.26. The zero-order chi connectivity index (χ0) is 8.36. The fraction of sp³-hybridized carbons (Fsp3) is 0.600. The van der Waals surface area contributed by atoms with Gasteiger partial charge in [-0.2, -0.15) is 0 Å². The van der Waals surface area contributed by atoms with Crippen LogP contribution in [0.25, 0.3) is 0 Å². The van der Waals surface area contributed by atoms with E-state index >= 15 is 0 Å². The smallest absolute Gasteiger partial charge is 1.00 e. The Labute approximate surface area is 110 Å². The molecule has 0 N–H and O–H groups in total. The Kier molecular flexibility index (Phi) is 28.0. The quantitative estimate of drug-likeness (QED) is 0.378. The molecule has 0 saturated carbocycles. The second-order valence-electron chi connectivity index (χ2n) is 2.64. The van der Waals surface area contributed by atoms with Crippen LogP contribution >= 0.6 is 0 Å². The minimum Gasteiger partial charge on any atom is -1.00 e. The maximum atomic E-state index is 2.26. The fourth-order valence-corrected chi connectivity index (χ4v) is 1.19. The first-order chi connectivity index (χ1) is 5.41. The van der Waals surface area contributed by atoms with Crippen LogP contribution in [-0.4, -0.2) is 0 Å². The van der Waals surface area contributed by atoms with Gasteiger partial charge in [0.05, 0.1) is 0 Å². The van der Waals surface area contributed by atoms with Crippen LogP contribution in [0.2, 0.25) is 0 Å². The Hall–Kier alpha value is 0.943. The number of halogens is 2. The SMILES string of the molecule is CCCCCCC=CC=[CH][Zr+2].[Cl-].[Cl-]. The predicted molar refractivity (Wildman–Crippen MR) is 47.0 cm³/mol. The van der Waals surface area contributed by atoms with Crippen molar-refractivity contribution in [3.05, 3.63) is 22.0 Å². The summed E-state index contributed by atoms with van der Waals surface area (Å²) in [6.45, 7) is 2.25. The summed E-state index contributed by atoms with van der Waals surface area (Å²) in [5.41, 5.74) is 0. The summed E-state index contributed by atoms with van der Waals surface area (Å²) < 4.78 is 2.15.